The number of nitrogens with one attached hydrogen (secondary N) is 2. The average molecular weight is 350 g/mol. The third kappa shape index (κ3) is 2.61. The number of fused-ring (bicyclic) bond motifs is 1. The molecule has 0 spiro atoms. The summed E-state index contributed by atoms with van der Waals surface area (Å²) in [5.74, 6) is 0.208. The Bertz CT molecular complexity index is 957. The minimum atomic E-state index is 0.0875. The van der Waals surface area contributed by atoms with Gasteiger partial charge in [-0.25, -0.2) is 0 Å². The van der Waals surface area contributed by atoms with Gasteiger partial charge in [-0.05, 0) is 67.8 Å². The maximum Gasteiger partial charge on any atom is 0.161 e. The molecule has 0 aliphatic heterocycles. The van der Waals surface area contributed by atoms with Crippen LogP contribution in [0.15, 0.2) is 29.8 Å². The molecule has 0 saturated heterocycles. The molecule has 0 amide bonds. The lowest BCUT2D eigenvalue weighted by Gasteiger charge is -2.18. The molecule has 2 N–H and O–H groups in total. The van der Waals surface area contributed by atoms with E-state index in [-0.39, 0.29) is 11.7 Å². The fourth-order valence-electron chi connectivity index (χ4n) is 4.04. The molecule has 0 bridgehead atoms. The van der Waals surface area contributed by atoms with Gasteiger partial charge in [0.15, 0.2) is 5.78 Å². The second-order valence-electron chi connectivity index (χ2n) is 6.75. The Hall–Kier alpha value is -2.33. The SMILES string of the molecule is CC(=O)c1c(C)[nH]c(C(c2ccc[nH]2)c2csc3c2C=CCC3)c1C. The minimum Gasteiger partial charge on any atom is -0.364 e. The van der Waals surface area contributed by atoms with E-state index in [9.17, 15) is 4.79 Å². The first-order chi connectivity index (χ1) is 12.1. The molecule has 4 heteroatoms. The van der Waals surface area contributed by atoms with Gasteiger partial charge >= 0.3 is 0 Å². The van der Waals surface area contributed by atoms with E-state index in [4.69, 9.17) is 0 Å². The molecule has 25 heavy (non-hydrogen) atoms. The Labute approximate surface area is 151 Å². The third-order valence-electron chi connectivity index (χ3n) is 5.12. The number of allylic oxidation sites excluding steroid dienone is 1. The number of rotatable bonds is 4. The topological polar surface area (TPSA) is 48.6 Å². The van der Waals surface area contributed by atoms with Gasteiger partial charge in [0, 0.05) is 33.7 Å². The van der Waals surface area contributed by atoms with Crippen molar-refractivity contribution in [2.24, 2.45) is 0 Å². The minimum absolute atomic E-state index is 0.0875. The van der Waals surface area contributed by atoms with Crippen molar-refractivity contribution >= 4 is 23.2 Å². The van der Waals surface area contributed by atoms with Gasteiger partial charge in [0.05, 0.1) is 5.92 Å². The largest absolute Gasteiger partial charge is 0.364 e. The van der Waals surface area contributed by atoms with Gasteiger partial charge in [-0.1, -0.05) is 12.2 Å². The predicted molar refractivity (Wildman–Crippen MR) is 104 cm³/mol. The van der Waals surface area contributed by atoms with Crippen molar-refractivity contribution in [2.45, 2.75) is 39.5 Å². The molecule has 0 fully saturated rings. The van der Waals surface area contributed by atoms with Crippen molar-refractivity contribution in [3.05, 3.63) is 74.0 Å². The summed E-state index contributed by atoms with van der Waals surface area (Å²) in [5, 5.41) is 2.29. The lowest BCUT2D eigenvalue weighted by molar-refractivity contribution is 0.101. The number of ketones is 1. The van der Waals surface area contributed by atoms with Gasteiger partial charge in [-0.3, -0.25) is 4.79 Å². The number of H-pyrrole nitrogens is 2. The molecule has 3 aromatic rings. The zero-order valence-electron chi connectivity index (χ0n) is 14.8. The highest BCUT2D eigenvalue weighted by atomic mass is 32.1. The van der Waals surface area contributed by atoms with Gasteiger partial charge in [0.2, 0.25) is 0 Å². The van der Waals surface area contributed by atoms with Crippen molar-refractivity contribution in [3.8, 4) is 0 Å². The van der Waals surface area contributed by atoms with Crippen LogP contribution in [-0.4, -0.2) is 15.8 Å². The number of aromatic nitrogens is 2. The number of thiophene rings is 1. The van der Waals surface area contributed by atoms with E-state index in [2.05, 4.69) is 40.5 Å². The van der Waals surface area contributed by atoms with Crippen LogP contribution < -0.4 is 0 Å². The number of hydrogen-bond acceptors (Lipinski definition) is 2. The Kier molecular flexibility index (Phi) is 4.00. The van der Waals surface area contributed by atoms with Crippen molar-refractivity contribution in [2.75, 3.05) is 0 Å². The summed E-state index contributed by atoms with van der Waals surface area (Å²) >= 11 is 1.85. The molecule has 0 aromatic carbocycles. The smallest absolute Gasteiger partial charge is 0.161 e. The van der Waals surface area contributed by atoms with E-state index in [0.29, 0.717) is 0 Å². The zero-order valence-corrected chi connectivity index (χ0v) is 15.6. The molecule has 3 heterocycles. The van der Waals surface area contributed by atoms with Gasteiger partial charge < -0.3 is 9.97 Å². The van der Waals surface area contributed by atoms with E-state index >= 15 is 0 Å². The Balaban J connectivity index is 1.93. The summed E-state index contributed by atoms with van der Waals surface area (Å²) in [6.45, 7) is 5.69. The predicted octanol–water partition coefficient (Wildman–Crippen LogP) is 5.36. The molecule has 0 saturated carbocycles. The highest BCUT2D eigenvalue weighted by Gasteiger charge is 2.28. The van der Waals surface area contributed by atoms with Crippen LogP contribution in [0, 0.1) is 13.8 Å². The quantitative estimate of drug-likeness (QED) is 0.611. The first-order valence-electron chi connectivity index (χ1n) is 8.68. The first-order valence-corrected chi connectivity index (χ1v) is 9.56. The maximum absolute atomic E-state index is 12.1. The van der Waals surface area contributed by atoms with Gasteiger partial charge in [0.1, 0.15) is 0 Å². The summed E-state index contributed by atoms with van der Waals surface area (Å²) in [4.78, 5) is 20.5. The molecule has 0 radical (unpaired) electrons. The number of Topliss-reactive ketones (excluding diaryl/α,β-unsaturated/α-hetero) is 1. The second kappa shape index (κ2) is 6.19. The Morgan fingerprint density at radius 1 is 1.32 bits per heavy atom. The van der Waals surface area contributed by atoms with Crippen molar-refractivity contribution in [1.29, 1.82) is 0 Å². The molecule has 4 rings (SSSR count). The number of aromatic amines is 2. The summed E-state index contributed by atoms with van der Waals surface area (Å²) < 4.78 is 0. The van der Waals surface area contributed by atoms with E-state index in [1.807, 2.05) is 30.5 Å². The molecule has 3 nitrogen and oxygen atoms in total. The Morgan fingerprint density at radius 2 is 2.16 bits per heavy atom. The summed E-state index contributed by atoms with van der Waals surface area (Å²) in [6, 6.07) is 4.17. The van der Waals surface area contributed by atoms with Crippen LogP contribution >= 0.6 is 11.3 Å². The van der Waals surface area contributed by atoms with Gasteiger partial charge in [0.25, 0.3) is 0 Å². The standard InChI is InChI=1S/C21H22N2OS/c1-12-19(14(3)24)13(2)23-21(12)20(17-8-6-10-22-17)16-11-25-18-9-5-4-7-15(16)18/h4,6-8,10-11,20,22-23H,5,9H2,1-3H3. The lowest BCUT2D eigenvalue weighted by Crippen LogP contribution is -2.08. The zero-order chi connectivity index (χ0) is 17.6. The molecular formula is C21H22N2OS. The van der Waals surface area contributed by atoms with Crippen LogP contribution in [0.4, 0.5) is 0 Å². The number of hydrogen-bond donors (Lipinski definition) is 2. The van der Waals surface area contributed by atoms with Crippen LogP contribution in [0.1, 0.15) is 68.3 Å². The highest BCUT2D eigenvalue weighted by molar-refractivity contribution is 7.10. The van der Waals surface area contributed by atoms with E-state index in [1.165, 1.54) is 16.0 Å². The van der Waals surface area contributed by atoms with Crippen molar-refractivity contribution in [1.82, 2.24) is 9.97 Å². The average Bonchev–Trinajstić information content (AvgIpc) is 3.29. The third-order valence-corrected chi connectivity index (χ3v) is 6.20. The Morgan fingerprint density at radius 3 is 2.84 bits per heavy atom. The summed E-state index contributed by atoms with van der Waals surface area (Å²) in [5.41, 5.74) is 7.78. The maximum atomic E-state index is 12.1. The van der Waals surface area contributed by atoms with Crippen LogP contribution in [0.2, 0.25) is 0 Å². The number of aryl methyl sites for hydroxylation is 2. The van der Waals surface area contributed by atoms with Crippen molar-refractivity contribution < 1.29 is 4.79 Å². The second-order valence-corrected chi connectivity index (χ2v) is 7.71. The molecule has 1 aliphatic carbocycles. The summed E-state index contributed by atoms with van der Waals surface area (Å²) in [7, 11) is 0. The summed E-state index contributed by atoms with van der Waals surface area (Å²) in [6.07, 6.45) is 8.73. The lowest BCUT2D eigenvalue weighted by atomic mass is 9.87. The molecule has 1 aliphatic rings. The fourth-order valence-corrected chi connectivity index (χ4v) is 5.12. The monoisotopic (exact) mass is 350 g/mol. The van der Waals surface area contributed by atoms with Crippen LogP contribution in [-0.2, 0) is 6.42 Å². The highest BCUT2D eigenvalue weighted by Crippen LogP contribution is 2.41. The van der Waals surface area contributed by atoms with Crippen LogP contribution in [0.5, 0.6) is 0 Å². The molecule has 1 atom stereocenters. The fraction of sp³-hybridized carbons (Fsp3) is 0.286. The van der Waals surface area contributed by atoms with Crippen LogP contribution in [0.25, 0.3) is 6.08 Å². The van der Waals surface area contributed by atoms with Crippen molar-refractivity contribution in [3.63, 3.8) is 0 Å². The number of carbonyl (C=O) groups excluding carboxylic acids is 1. The normalized spacial score (nSPS) is 14.5. The molecule has 1 unspecified atom stereocenters. The van der Waals surface area contributed by atoms with E-state index in [1.54, 1.807) is 6.92 Å². The molecule has 3 aromatic heterocycles. The van der Waals surface area contributed by atoms with E-state index in [0.717, 1.165) is 41.1 Å². The van der Waals surface area contributed by atoms with Crippen LogP contribution in [0.3, 0.4) is 0 Å². The first kappa shape index (κ1) is 16.2. The van der Waals surface area contributed by atoms with Gasteiger partial charge in [-0.2, -0.15) is 0 Å². The molecule has 128 valence electrons. The van der Waals surface area contributed by atoms with Gasteiger partial charge in [-0.15, -0.1) is 11.3 Å². The molecular weight excluding hydrogens is 328 g/mol. The number of carbonyl (C=O) groups is 1. The van der Waals surface area contributed by atoms with E-state index < -0.39 is 0 Å².